The summed E-state index contributed by atoms with van der Waals surface area (Å²) >= 11 is 0. The molecule has 1 aliphatic carbocycles. The number of hydrogen-bond acceptors (Lipinski definition) is 1. The van der Waals surface area contributed by atoms with E-state index >= 15 is 0 Å². The molecule has 0 heterocycles. The third kappa shape index (κ3) is 4.07. The number of carboxylic acids is 1. The smallest absolute Gasteiger partial charge is 0.335 e. The zero-order chi connectivity index (χ0) is 18.9. The molecule has 1 N–H and O–H groups in total. The molecular weight excluding hydrogens is 320 g/mol. The van der Waals surface area contributed by atoms with Gasteiger partial charge in [-0.05, 0) is 58.9 Å². The van der Waals surface area contributed by atoms with Crippen LogP contribution in [0.15, 0.2) is 60.2 Å². The first-order valence-electron chi connectivity index (χ1n) is 9.28. The maximum atomic E-state index is 11.2. The zero-order valence-electron chi connectivity index (χ0n) is 16.2. The van der Waals surface area contributed by atoms with Gasteiger partial charge >= 0.3 is 5.97 Å². The second kappa shape index (κ2) is 6.75. The number of benzene rings is 2. The first-order chi connectivity index (χ1) is 12.2. The summed E-state index contributed by atoms with van der Waals surface area (Å²) in [6, 6.07) is 17.8. The van der Waals surface area contributed by atoms with Crippen LogP contribution in [-0.2, 0) is 0 Å². The Morgan fingerprint density at radius 1 is 0.769 bits per heavy atom. The predicted molar refractivity (Wildman–Crippen MR) is 107 cm³/mol. The summed E-state index contributed by atoms with van der Waals surface area (Å²) in [4.78, 5) is 11.2. The Kier molecular flexibility index (Phi) is 4.79. The third-order valence-electron chi connectivity index (χ3n) is 5.18. The Hall–Kier alpha value is -2.35. The van der Waals surface area contributed by atoms with Crippen LogP contribution in [0.5, 0.6) is 0 Å². The number of aromatic carboxylic acids is 1. The van der Waals surface area contributed by atoms with E-state index in [0.29, 0.717) is 5.56 Å². The molecule has 0 spiro atoms. The first kappa shape index (κ1) is 18.4. The van der Waals surface area contributed by atoms with E-state index < -0.39 is 5.97 Å². The fourth-order valence-electron chi connectivity index (χ4n) is 4.77. The van der Waals surface area contributed by atoms with E-state index in [0.717, 1.165) is 18.4 Å². The van der Waals surface area contributed by atoms with Crippen molar-refractivity contribution < 1.29 is 9.90 Å². The molecule has 1 saturated carbocycles. The Morgan fingerprint density at radius 2 is 1.23 bits per heavy atom. The summed E-state index contributed by atoms with van der Waals surface area (Å²) in [6.07, 6.45) is 3.35. The minimum absolute atomic E-state index is 0.262. The van der Waals surface area contributed by atoms with Crippen molar-refractivity contribution in [3.8, 4) is 0 Å². The lowest BCUT2D eigenvalue weighted by molar-refractivity contribution is 0.0697. The van der Waals surface area contributed by atoms with Crippen molar-refractivity contribution in [1.29, 1.82) is 0 Å². The van der Waals surface area contributed by atoms with Crippen molar-refractivity contribution >= 4 is 11.5 Å². The van der Waals surface area contributed by atoms with E-state index in [1.54, 1.807) is 12.1 Å². The van der Waals surface area contributed by atoms with E-state index in [-0.39, 0.29) is 10.8 Å². The van der Waals surface area contributed by atoms with Gasteiger partial charge in [-0.3, -0.25) is 0 Å². The molecule has 0 amide bonds. The highest BCUT2D eigenvalue weighted by atomic mass is 16.4. The van der Waals surface area contributed by atoms with Crippen molar-refractivity contribution in [1.82, 2.24) is 0 Å². The maximum absolute atomic E-state index is 11.2. The third-order valence-corrected chi connectivity index (χ3v) is 5.18. The summed E-state index contributed by atoms with van der Waals surface area (Å²) < 4.78 is 0. The highest BCUT2D eigenvalue weighted by molar-refractivity contribution is 5.89. The molecule has 2 aromatic rings. The quantitative estimate of drug-likeness (QED) is 0.694. The first-order valence-corrected chi connectivity index (χ1v) is 9.28. The lowest BCUT2D eigenvalue weighted by atomic mass is 9.62. The number of carboxylic acid groups (broad SMARTS) is 1. The van der Waals surface area contributed by atoms with Gasteiger partial charge in [-0.15, -0.1) is 0 Å². The predicted octanol–water partition coefficient (Wildman–Crippen LogP) is 6.42. The lowest BCUT2D eigenvalue weighted by Crippen LogP contribution is -2.30. The van der Waals surface area contributed by atoms with Crippen LogP contribution in [0.2, 0.25) is 0 Å². The minimum atomic E-state index is -0.884. The van der Waals surface area contributed by atoms with E-state index in [1.165, 1.54) is 23.1 Å². The Balaban J connectivity index is 2.17. The van der Waals surface area contributed by atoms with Crippen molar-refractivity contribution in [3.63, 3.8) is 0 Å². The molecule has 3 rings (SSSR count). The molecule has 1 aliphatic rings. The maximum Gasteiger partial charge on any atom is 0.335 e. The van der Waals surface area contributed by atoms with Crippen LogP contribution in [0.25, 0.3) is 5.57 Å². The molecule has 0 saturated heterocycles. The van der Waals surface area contributed by atoms with Crippen LogP contribution in [0.4, 0.5) is 0 Å². The molecule has 0 unspecified atom stereocenters. The average Bonchev–Trinajstić information content (AvgIpc) is 2.53. The molecule has 26 heavy (non-hydrogen) atoms. The summed E-state index contributed by atoms with van der Waals surface area (Å²) in [7, 11) is 0. The molecular formula is C24H28O2. The van der Waals surface area contributed by atoms with Crippen molar-refractivity contribution in [2.24, 2.45) is 10.8 Å². The van der Waals surface area contributed by atoms with Crippen LogP contribution in [0.3, 0.4) is 0 Å². The standard InChI is InChI=1S/C24H28O2/c1-23(2)14-20(15-24(3,4)16-23)21(17-8-6-5-7-9-17)18-10-12-19(13-11-18)22(25)26/h5-13H,14-16H2,1-4H3,(H,25,26). The highest BCUT2D eigenvalue weighted by Crippen LogP contribution is 2.50. The molecule has 0 bridgehead atoms. The van der Waals surface area contributed by atoms with E-state index in [1.807, 2.05) is 18.2 Å². The number of hydrogen-bond donors (Lipinski definition) is 1. The van der Waals surface area contributed by atoms with E-state index in [4.69, 9.17) is 0 Å². The number of carbonyl (C=O) groups is 1. The monoisotopic (exact) mass is 348 g/mol. The molecule has 2 nitrogen and oxygen atoms in total. The second-order valence-electron chi connectivity index (χ2n) is 9.09. The molecule has 2 heteroatoms. The van der Waals surface area contributed by atoms with Crippen LogP contribution in [-0.4, -0.2) is 11.1 Å². The molecule has 0 aromatic heterocycles. The molecule has 2 aromatic carbocycles. The largest absolute Gasteiger partial charge is 0.478 e. The zero-order valence-corrected chi connectivity index (χ0v) is 16.2. The summed E-state index contributed by atoms with van der Waals surface area (Å²) in [6.45, 7) is 9.40. The summed E-state index contributed by atoms with van der Waals surface area (Å²) in [5.41, 5.74) is 5.90. The molecule has 0 atom stereocenters. The normalized spacial score (nSPS) is 18.4. The molecule has 0 radical (unpaired) electrons. The van der Waals surface area contributed by atoms with Gasteiger partial charge in [-0.1, -0.05) is 75.7 Å². The van der Waals surface area contributed by atoms with Gasteiger partial charge in [-0.2, -0.15) is 0 Å². The highest BCUT2D eigenvalue weighted by Gasteiger charge is 2.37. The lowest BCUT2D eigenvalue weighted by Gasteiger charge is -2.43. The van der Waals surface area contributed by atoms with Gasteiger partial charge in [0.2, 0.25) is 0 Å². The minimum Gasteiger partial charge on any atom is -0.478 e. The Morgan fingerprint density at radius 3 is 1.73 bits per heavy atom. The molecule has 0 aliphatic heterocycles. The Labute approximate surface area is 156 Å². The van der Waals surface area contributed by atoms with Crippen molar-refractivity contribution in [2.75, 3.05) is 0 Å². The topological polar surface area (TPSA) is 37.3 Å². The van der Waals surface area contributed by atoms with Crippen molar-refractivity contribution in [3.05, 3.63) is 76.9 Å². The van der Waals surface area contributed by atoms with Gasteiger partial charge in [0.15, 0.2) is 0 Å². The van der Waals surface area contributed by atoms with E-state index in [9.17, 15) is 9.90 Å². The Bertz CT molecular complexity index is 806. The van der Waals surface area contributed by atoms with Gasteiger partial charge in [0.1, 0.15) is 0 Å². The van der Waals surface area contributed by atoms with Gasteiger partial charge < -0.3 is 5.11 Å². The number of rotatable bonds is 3. The molecule has 1 fully saturated rings. The SMILES string of the molecule is CC1(C)CC(=C(c2ccccc2)c2ccc(C(=O)O)cc2)CC(C)(C)C1. The van der Waals surface area contributed by atoms with Crippen LogP contribution >= 0.6 is 0 Å². The molecule has 136 valence electrons. The van der Waals surface area contributed by atoms with Gasteiger partial charge in [0, 0.05) is 0 Å². The fraction of sp³-hybridized carbons (Fsp3) is 0.375. The van der Waals surface area contributed by atoms with Gasteiger partial charge in [-0.25, -0.2) is 4.79 Å². The van der Waals surface area contributed by atoms with Gasteiger partial charge in [0.05, 0.1) is 5.56 Å². The van der Waals surface area contributed by atoms with Crippen LogP contribution < -0.4 is 0 Å². The summed E-state index contributed by atoms with van der Waals surface area (Å²) in [5.74, 6) is -0.884. The second-order valence-corrected chi connectivity index (χ2v) is 9.09. The van der Waals surface area contributed by atoms with E-state index in [2.05, 4.69) is 52.0 Å². The fourth-order valence-corrected chi connectivity index (χ4v) is 4.77. The average molecular weight is 348 g/mol. The van der Waals surface area contributed by atoms with Crippen molar-refractivity contribution in [2.45, 2.75) is 47.0 Å². The van der Waals surface area contributed by atoms with Crippen LogP contribution in [0, 0.1) is 10.8 Å². The van der Waals surface area contributed by atoms with Gasteiger partial charge in [0.25, 0.3) is 0 Å². The number of allylic oxidation sites excluding steroid dienone is 1. The van der Waals surface area contributed by atoms with Crippen LogP contribution in [0.1, 0.15) is 68.4 Å². The summed E-state index contributed by atoms with van der Waals surface area (Å²) in [5, 5.41) is 9.21.